The second-order valence-corrected chi connectivity index (χ2v) is 28.9. The summed E-state index contributed by atoms with van der Waals surface area (Å²) in [7, 11) is 0. The summed E-state index contributed by atoms with van der Waals surface area (Å²) in [6.45, 7) is 3.97. The summed E-state index contributed by atoms with van der Waals surface area (Å²) in [5.74, 6) is -0.564. The van der Waals surface area contributed by atoms with Crippen molar-refractivity contribution >= 4 is 11.9 Å². The average Bonchev–Trinajstić information content (AvgIpc) is 3.73. The van der Waals surface area contributed by atoms with Crippen molar-refractivity contribution in [3.63, 3.8) is 0 Å². The van der Waals surface area contributed by atoms with Gasteiger partial charge in [-0.15, -0.1) is 0 Å². The van der Waals surface area contributed by atoms with E-state index in [1.54, 1.807) is 0 Å². The maximum absolute atomic E-state index is 12.4. The highest BCUT2D eigenvalue weighted by atomic mass is 16.6. The number of rotatable bonds is 80. The third-order valence-electron chi connectivity index (χ3n) is 19.4. The van der Waals surface area contributed by atoms with Gasteiger partial charge in [-0.1, -0.05) is 445 Å². The minimum absolute atomic E-state index is 0.0602. The van der Waals surface area contributed by atoms with E-state index in [4.69, 9.17) is 9.47 Å². The van der Waals surface area contributed by atoms with E-state index in [1.807, 2.05) is 0 Å². The molecule has 1 N–H and O–H groups in total. The average molecular weight is 1340 g/mol. The van der Waals surface area contributed by atoms with Crippen LogP contribution in [0.2, 0.25) is 0 Å². The lowest BCUT2D eigenvalue weighted by Gasteiger charge is -2.15. The number of hydrogen-bond acceptors (Lipinski definition) is 5. The Kier molecular flexibility index (Phi) is 83.2. The fourth-order valence-electron chi connectivity index (χ4n) is 13.1. The Balaban J connectivity index is 3.36. The van der Waals surface area contributed by atoms with Crippen molar-refractivity contribution in [3.8, 4) is 0 Å². The molecular formula is C91H164O5. The molecule has 0 rings (SSSR count). The van der Waals surface area contributed by atoms with E-state index in [2.05, 4.69) is 111 Å². The molecule has 0 aliphatic heterocycles. The van der Waals surface area contributed by atoms with Gasteiger partial charge in [0.05, 0.1) is 6.61 Å². The Morgan fingerprint density at radius 3 is 0.625 bits per heavy atom. The van der Waals surface area contributed by atoms with E-state index >= 15 is 0 Å². The molecule has 0 radical (unpaired) electrons. The predicted octanol–water partition coefficient (Wildman–Crippen LogP) is 30.4. The Labute approximate surface area is 599 Å². The van der Waals surface area contributed by atoms with Crippen molar-refractivity contribution in [2.45, 2.75) is 457 Å². The van der Waals surface area contributed by atoms with Gasteiger partial charge in [-0.2, -0.15) is 0 Å². The van der Waals surface area contributed by atoms with Crippen LogP contribution in [-0.4, -0.2) is 36.4 Å². The first-order valence-electron chi connectivity index (χ1n) is 42.8. The van der Waals surface area contributed by atoms with Crippen LogP contribution in [-0.2, 0) is 19.1 Å². The lowest BCUT2D eigenvalue weighted by atomic mass is 10.0. The third-order valence-corrected chi connectivity index (χ3v) is 19.4. The largest absolute Gasteiger partial charge is 0.462 e. The molecule has 558 valence electrons. The zero-order chi connectivity index (χ0) is 69.0. The number of unbranched alkanes of at least 4 members (excludes halogenated alkanes) is 56. The summed E-state index contributed by atoms with van der Waals surface area (Å²) in [5, 5.41) is 9.74. The van der Waals surface area contributed by atoms with Gasteiger partial charge in [0.2, 0.25) is 0 Å². The predicted molar refractivity (Wildman–Crippen MR) is 426 cm³/mol. The number of carbonyl (C=O) groups excluding carboxylic acids is 2. The molecule has 0 aliphatic rings. The number of carbonyl (C=O) groups is 2. The van der Waals surface area contributed by atoms with Gasteiger partial charge in [0.25, 0.3) is 0 Å². The van der Waals surface area contributed by atoms with E-state index < -0.39 is 6.10 Å². The molecule has 0 fully saturated rings. The molecule has 0 amide bonds. The van der Waals surface area contributed by atoms with E-state index in [-0.39, 0.29) is 25.2 Å². The van der Waals surface area contributed by atoms with Crippen molar-refractivity contribution in [2.75, 3.05) is 13.2 Å². The summed E-state index contributed by atoms with van der Waals surface area (Å²) in [5.41, 5.74) is 0. The number of esters is 2. The molecule has 0 aromatic carbocycles. The Bertz CT molecular complexity index is 1760. The topological polar surface area (TPSA) is 72.8 Å². The zero-order valence-corrected chi connectivity index (χ0v) is 64.4. The van der Waals surface area contributed by atoms with Crippen molar-refractivity contribution < 1.29 is 24.2 Å². The molecule has 0 bridgehead atoms. The van der Waals surface area contributed by atoms with Crippen LogP contribution in [0.1, 0.15) is 450 Å². The van der Waals surface area contributed by atoms with E-state index in [0.717, 1.165) is 89.9 Å². The van der Waals surface area contributed by atoms with Gasteiger partial charge < -0.3 is 14.6 Å². The van der Waals surface area contributed by atoms with Crippen LogP contribution in [0.5, 0.6) is 0 Å². The molecule has 5 nitrogen and oxygen atoms in total. The molecular weight excluding hydrogens is 1170 g/mol. The summed E-state index contributed by atoms with van der Waals surface area (Å²) in [6, 6.07) is 0. The van der Waals surface area contributed by atoms with Crippen LogP contribution < -0.4 is 0 Å². The molecule has 96 heavy (non-hydrogen) atoms. The normalized spacial score (nSPS) is 12.7. The SMILES string of the molecule is CC/C=C\C/C=C\C/C=C\C/C=C\CCCCCCCCCCCCCCCCCCCCCCCCCCCCCCC(=O)OCC(CO)OC(=O)CCCCCCCCCCCCCCCCCCCCCCCCCCCCCC/C=C\C/C=C\C/C=C\C/C=C\CC. The van der Waals surface area contributed by atoms with Crippen molar-refractivity contribution in [1.29, 1.82) is 0 Å². The van der Waals surface area contributed by atoms with Gasteiger partial charge in [-0.3, -0.25) is 9.59 Å². The summed E-state index contributed by atoms with van der Waals surface area (Å²) >= 11 is 0. The smallest absolute Gasteiger partial charge is 0.306 e. The summed E-state index contributed by atoms with van der Waals surface area (Å²) in [6.07, 6.45) is 124. The molecule has 1 unspecified atom stereocenters. The zero-order valence-electron chi connectivity index (χ0n) is 64.4. The van der Waals surface area contributed by atoms with Crippen molar-refractivity contribution in [1.82, 2.24) is 0 Å². The number of aliphatic hydroxyl groups excluding tert-OH is 1. The molecule has 0 saturated carbocycles. The number of aliphatic hydroxyl groups is 1. The molecule has 1 atom stereocenters. The van der Waals surface area contributed by atoms with Crippen LogP contribution in [0.15, 0.2) is 97.2 Å². The second kappa shape index (κ2) is 86.0. The fourth-order valence-corrected chi connectivity index (χ4v) is 13.1. The Morgan fingerprint density at radius 2 is 0.417 bits per heavy atom. The monoisotopic (exact) mass is 1340 g/mol. The summed E-state index contributed by atoms with van der Waals surface area (Å²) < 4.78 is 10.8. The van der Waals surface area contributed by atoms with Crippen LogP contribution in [0.3, 0.4) is 0 Å². The molecule has 0 heterocycles. The lowest BCUT2D eigenvalue weighted by Crippen LogP contribution is -2.28. The number of hydrogen-bond donors (Lipinski definition) is 1. The van der Waals surface area contributed by atoms with Crippen molar-refractivity contribution in [3.05, 3.63) is 97.2 Å². The minimum atomic E-state index is -0.772. The standard InChI is InChI=1S/C91H164O5/c1-3-5-7-9-11-13-15-17-19-21-23-25-27-29-31-33-35-37-39-41-43-45-47-49-51-53-55-57-59-61-63-65-67-69-71-73-75-77-79-81-83-85-90(93)95-88-89(87-92)96-91(94)86-84-82-80-78-76-74-72-70-68-66-64-62-60-58-56-54-52-50-48-46-44-42-40-38-36-34-32-30-28-26-24-22-20-18-16-14-12-10-8-6-4-2/h5-8,11-14,17-20,23-26,89,92H,3-4,9-10,15-16,21-22,27-88H2,1-2H3/b7-5-,8-6-,13-11-,14-12-,19-17-,20-18-,25-23-,26-24-. The van der Waals surface area contributed by atoms with Crippen LogP contribution in [0.25, 0.3) is 0 Å². The Morgan fingerprint density at radius 1 is 0.240 bits per heavy atom. The highest BCUT2D eigenvalue weighted by Gasteiger charge is 2.16. The Hall–Kier alpha value is -3.18. The minimum Gasteiger partial charge on any atom is -0.462 e. The van der Waals surface area contributed by atoms with Gasteiger partial charge in [-0.05, 0) is 89.9 Å². The highest BCUT2D eigenvalue weighted by Crippen LogP contribution is 2.20. The highest BCUT2D eigenvalue weighted by molar-refractivity contribution is 5.70. The van der Waals surface area contributed by atoms with Gasteiger partial charge in [-0.25, -0.2) is 0 Å². The maximum Gasteiger partial charge on any atom is 0.306 e. The van der Waals surface area contributed by atoms with Gasteiger partial charge in [0, 0.05) is 12.8 Å². The molecule has 0 aliphatic carbocycles. The van der Waals surface area contributed by atoms with Crippen LogP contribution in [0.4, 0.5) is 0 Å². The van der Waals surface area contributed by atoms with E-state index in [0.29, 0.717) is 12.8 Å². The van der Waals surface area contributed by atoms with E-state index in [1.165, 1.54) is 334 Å². The molecule has 0 saturated heterocycles. The lowest BCUT2D eigenvalue weighted by molar-refractivity contribution is -0.161. The first-order valence-corrected chi connectivity index (χ1v) is 42.8. The van der Waals surface area contributed by atoms with Crippen LogP contribution in [0, 0.1) is 0 Å². The van der Waals surface area contributed by atoms with Gasteiger partial charge >= 0.3 is 11.9 Å². The molecule has 0 spiro atoms. The first kappa shape index (κ1) is 92.8. The third kappa shape index (κ3) is 83.2. The van der Waals surface area contributed by atoms with Gasteiger partial charge in [0.15, 0.2) is 6.10 Å². The van der Waals surface area contributed by atoms with E-state index in [9.17, 15) is 14.7 Å². The first-order chi connectivity index (χ1) is 47.6. The number of allylic oxidation sites excluding steroid dienone is 16. The summed E-state index contributed by atoms with van der Waals surface area (Å²) in [4.78, 5) is 24.8. The second-order valence-electron chi connectivity index (χ2n) is 28.9. The maximum atomic E-state index is 12.4. The van der Waals surface area contributed by atoms with Crippen molar-refractivity contribution in [2.24, 2.45) is 0 Å². The molecule has 5 heteroatoms. The fraction of sp³-hybridized carbons (Fsp3) is 0.802. The van der Waals surface area contributed by atoms with Gasteiger partial charge in [0.1, 0.15) is 6.61 Å². The number of ether oxygens (including phenoxy) is 2. The quantitative estimate of drug-likeness (QED) is 0.0373. The molecule has 0 aromatic rings. The molecule has 0 aromatic heterocycles. The van der Waals surface area contributed by atoms with Crippen LogP contribution >= 0.6 is 0 Å².